The van der Waals surface area contributed by atoms with Gasteiger partial charge >= 0.3 is 0 Å². The van der Waals surface area contributed by atoms with Gasteiger partial charge in [0.05, 0.1) is 5.69 Å². The van der Waals surface area contributed by atoms with Crippen molar-refractivity contribution in [3.05, 3.63) is 29.6 Å². The number of nitrogens with zero attached hydrogens (tertiary/aromatic N) is 2. The summed E-state index contributed by atoms with van der Waals surface area (Å²) in [5, 5.41) is 0. The monoisotopic (exact) mass is 235 g/mol. The summed E-state index contributed by atoms with van der Waals surface area (Å²) in [5.74, 6) is 0.556. The average Bonchev–Trinajstić information content (AvgIpc) is 2.29. The molecule has 0 radical (unpaired) electrons. The van der Waals surface area contributed by atoms with Crippen LogP contribution in [-0.4, -0.2) is 29.5 Å². The number of rotatable bonds is 6. The van der Waals surface area contributed by atoms with Crippen molar-refractivity contribution >= 4 is 0 Å². The molecule has 0 aliphatic carbocycles. The van der Waals surface area contributed by atoms with E-state index in [9.17, 15) is 0 Å². The fourth-order valence-corrected chi connectivity index (χ4v) is 1.65. The lowest BCUT2D eigenvalue weighted by atomic mass is 10.0. The first-order valence-corrected chi connectivity index (χ1v) is 6.34. The van der Waals surface area contributed by atoms with Gasteiger partial charge in [-0.3, -0.25) is 4.98 Å². The van der Waals surface area contributed by atoms with Crippen LogP contribution in [0, 0.1) is 12.8 Å². The van der Waals surface area contributed by atoms with Crippen molar-refractivity contribution in [3.8, 4) is 0 Å². The quantitative estimate of drug-likeness (QED) is 0.822. The fourth-order valence-electron chi connectivity index (χ4n) is 1.65. The Morgan fingerprint density at radius 3 is 2.59 bits per heavy atom. The molecular weight excluding hydrogens is 210 g/mol. The lowest BCUT2D eigenvalue weighted by Crippen LogP contribution is -2.31. The highest BCUT2D eigenvalue weighted by Crippen LogP contribution is 2.06. The molecule has 1 aromatic rings. The van der Waals surface area contributed by atoms with E-state index in [1.54, 1.807) is 0 Å². The molecule has 1 aromatic heterocycles. The standard InChI is InChI=1S/C14H25N3/c1-11(2)14(15)7-8-17(4)10-13-6-5-12(3)9-16-13/h5-6,9,11,14H,7-8,10,15H2,1-4H3. The van der Waals surface area contributed by atoms with E-state index in [-0.39, 0.29) is 0 Å². The zero-order valence-corrected chi connectivity index (χ0v) is 11.5. The maximum absolute atomic E-state index is 6.04. The summed E-state index contributed by atoms with van der Waals surface area (Å²) >= 11 is 0. The summed E-state index contributed by atoms with van der Waals surface area (Å²) in [6, 6.07) is 4.49. The van der Waals surface area contributed by atoms with Crippen LogP contribution in [0.15, 0.2) is 18.3 Å². The third-order valence-electron chi connectivity index (χ3n) is 3.10. The SMILES string of the molecule is Cc1ccc(CN(C)CCC(N)C(C)C)nc1. The number of hydrogen-bond donors (Lipinski definition) is 1. The first kappa shape index (κ1) is 14.1. The van der Waals surface area contributed by atoms with E-state index < -0.39 is 0 Å². The van der Waals surface area contributed by atoms with E-state index in [1.807, 2.05) is 6.20 Å². The molecule has 0 aliphatic heterocycles. The van der Waals surface area contributed by atoms with Crippen LogP contribution >= 0.6 is 0 Å². The Labute approximate surface area is 105 Å². The van der Waals surface area contributed by atoms with Gasteiger partial charge in [0.2, 0.25) is 0 Å². The maximum atomic E-state index is 6.04. The molecule has 3 heteroatoms. The molecule has 0 amide bonds. The smallest absolute Gasteiger partial charge is 0.0544 e. The predicted molar refractivity (Wildman–Crippen MR) is 72.7 cm³/mol. The van der Waals surface area contributed by atoms with Gasteiger partial charge < -0.3 is 10.6 Å². The van der Waals surface area contributed by atoms with Crippen molar-refractivity contribution in [2.75, 3.05) is 13.6 Å². The van der Waals surface area contributed by atoms with Crippen molar-refractivity contribution < 1.29 is 0 Å². The number of aromatic nitrogens is 1. The topological polar surface area (TPSA) is 42.1 Å². The highest BCUT2D eigenvalue weighted by molar-refractivity contribution is 5.11. The molecule has 1 atom stereocenters. The van der Waals surface area contributed by atoms with Crippen LogP contribution in [-0.2, 0) is 6.54 Å². The van der Waals surface area contributed by atoms with Gasteiger partial charge in [0.15, 0.2) is 0 Å². The molecule has 0 fully saturated rings. The van der Waals surface area contributed by atoms with Crippen molar-refractivity contribution in [1.29, 1.82) is 0 Å². The van der Waals surface area contributed by atoms with Crippen molar-refractivity contribution in [1.82, 2.24) is 9.88 Å². The Hall–Kier alpha value is -0.930. The summed E-state index contributed by atoms with van der Waals surface area (Å²) in [6.07, 6.45) is 2.96. The van der Waals surface area contributed by atoms with Crippen LogP contribution in [0.5, 0.6) is 0 Å². The minimum Gasteiger partial charge on any atom is -0.327 e. The summed E-state index contributed by atoms with van der Waals surface area (Å²) in [7, 11) is 2.12. The average molecular weight is 235 g/mol. The van der Waals surface area contributed by atoms with Crippen LogP contribution in [0.2, 0.25) is 0 Å². The highest BCUT2D eigenvalue weighted by Gasteiger charge is 2.09. The van der Waals surface area contributed by atoms with E-state index >= 15 is 0 Å². The Morgan fingerprint density at radius 2 is 2.06 bits per heavy atom. The molecule has 1 heterocycles. The van der Waals surface area contributed by atoms with Gasteiger partial charge in [0.25, 0.3) is 0 Å². The van der Waals surface area contributed by atoms with Gasteiger partial charge in [0.1, 0.15) is 0 Å². The molecule has 3 nitrogen and oxygen atoms in total. The highest BCUT2D eigenvalue weighted by atomic mass is 15.1. The maximum Gasteiger partial charge on any atom is 0.0544 e. The molecule has 1 unspecified atom stereocenters. The zero-order chi connectivity index (χ0) is 12.8. The van der Waals surface area contributed by atoms with Crippen molar-refractivity contribution in [3.63, 3.8) is 0 Å². The largest absolute Gasteiger partial charge is 0.327 e. The lowest BCUT2D eigenvalue weighted by Gasteiger charge is -2.21. The summed E-state index contributed by atoms with van der Waals surface area (Å²) in [5.41, 5.74) is 8.36. The molecule has 17 heavy (non-hydrogen) atoms. The Bertz CT molecular complexity index is 319. The number of pyridine rings is 1. The van der Waals surface area contributed by atoms with E-state index in [2.05, 4.69) is 49.8 Å². The molecule has 0 saturated heterocycles. The molecule has 2 N–H and O–H groups in total. The second-order valence-electron chi connectivity index (χ2n) is 5.26. The van der Waals surface area contributed by atoms with Gasteiger partial charge in [-0.15, -0.1) is 0 Å². The van der Waals surface area contributed by atoms with Crippen molar-refractivity contribution in [2.24, 2.45) is 11.7 Å². The zero-order valence-electron chi connectivity index (χ0n) is 11.5. The molecule has 0 bridgehead atoms. The summed E-state index contributed by atoms with van der Waals surface area (Å²) < 4.78 is 0. The normalized spacial score (nSPS) is 13.4. The lowest BCUT2D eigenvalue weighted by molar-refractivity contribution is 0.293. The first-order chi connectivity index (χ1) is 7.99. The molecule has 0 aliphatic rings. The van der Waals surface area contributed by atoms with E-state index in [0.29, 0.717) is 12.0 Å². The van der Waals surface area contributed by atoms with Gasteiger partial charge in [-0.2, -0.15) is 0 Å². The number of nitrogens with two attached hydrogens (primary N) is 1. The second kappa shape index (κ2) is 6.72. The van der Waals surface area contributed by atoms with Gasteiger partial charge in [0, 0.05) is 18.8 Å². The fraction of sp³-hybridized carbons (Fsp3) is 0.643. The molecular formula is C14H25N3. The third-order valence-corrected chi connectivity index (χ3v) is 3.10. The van der Waals surface area contributed by atoms with Crippen LogP contribution < -0.4 is 5.73 Å². The summed E-state index contributed by atoms with van der Waals surface area (Å²) in [6.45, 7) is 8.32. The van der Waals surface area contributed by atoms with Crippen LogP contribution in [0.25, 0.3) is 0 Å². The third kappa shape index (κ3) is 5.29. The minimum atomic E-state index is 0.295. The molecule has 1 rings (SSSR count). The molecule has 0 aromatic carbocycles. The Balaban J connectivity index is 2.34. The molecule has 0 spiro atoms. The van der Waals surface area contributed by atoms with Crippen molar-refractivity contribution in [2.45, 2.75) is 39.8 Å². The number of hydrogen-bond acceptors (Lipinski definition) is 3. The Kier molecular flexibility index (Phi) is 5.59. The first-order valence-electron chi connectivity index (χ1n) is 6.34. The second-order valence-corrected chi connectivity index (χ2v) is 5.26. The van der Waals surface area contributed by atoms with Crippen LogP contribution in [0.3, 0.4) is 0 Å². The molecule has 96 valence electrons. The van der Waals surface area contributed by atoms with E-state index in [0.717, 1.165) is 25.2 Å². The van der Waals surface area contributed by atoms with Crippen LogP contribution in [0.4, 0.5) is 0 Å². The van der Waals surface area contributed by atoms with Gasteiger partial charge in [-0.25, -0.2) is 0 Å². The van der Waals surface area contributed by atoms with Gasteiger partial charge in [-0.1, -0.05) is 19.9 Å². The van der Waals surface area contributed by atoms with E-state index in [1.165, 1.54) is 5.56 Å². The molecule has 0 saturated carbocycles. The predicted octanol–water partition coefficient (Wildman–Crippen LogP) is 2.20. The summed E-state index contributed by atoms with van der Waals surface area (Å²) in [4.78, 5) is 6.69. The minimum absolute atomic E-state index is 0.295. The number of aryl methyl sites for hydroxylation is 1. The van der Waals surface area contributed by atoms with Gasteiger partial charge in [-0.05, 0) is 44.5 Å². The van der Waals surface area contributed by atoms with E-state index in [4.69, 9.17) is 5.73 Å². The van der Waals surface area contributed by atoms with Crippen LogP contribution in [0.1, 0.15) is 31.5 Å². The Morgan fingerprint density at radius 1 is 1.35 bits per heavy atom.